The SMILES string of the molecule is CCCCCCCCOc1ccc(C#Cc2cc(C#Cc3ccc(OCCCCCCCC)cc3)c(C#Cc3ccc(OCCCCCCCC)cc3)cc2Cl)cc1. The van der Waals surface area contributed by atoms with Crippen LogP contribution in [-0.2, 0) is 0 Å². The molecular weight excluding hydrogens is 732 g/mol. The van der Waals surface area contributed by atoms with Crippen LogP contribution in [0.2, 0.25) is 5.02 Å². The van der Waals surface area contributed by atoms with Crippen molar-refractivity contribution >= 4 is 11.6 Å². The van der Waals surface area contributed by atoms with Crippen LogP contribution >= 0.6 is 11.6 Å². The molecule has 0 atom stereocenters. The van der Waals surface area contributed by atoms with Crippen LogP contribution in [0.1, 0.15) is 170 Å². The Morgan fingerprint density at radius 2 is 0.638 bits per heavy atom. The molecular formula is C54H65ClO3. The zero-order valence-electron chi connectivity index (χ0n) is 35.5. The van der Waals surface area contributed by atoms with E-state index in [0.29, 0.717) is 10.6 Å². The van der Waals surface area contributed by atoms with Crippen LogP contribution in [0.25, 0.3) is 0 Å². The van der Waals surface area contributed by atoms with E-state index < -0.39 is 0 Å². The standard InChI is InChI=1S/C54H65ClO3/c1-4-7-10-13-16-19-40-56-51-34-25-45(26-35-51)22-31-48-43-50(33-24-47-29-38-53(39-30-47)58-42-21-18-15-12-9-6-3)54(55)44-49(48)32-23-46-27-36-52(37-28-46)57-41-20-17-14-11-8-5-2/h25-30,34-39,43-44H,4-21,40-42H2,1-3H3. The van der Waals surface area contributed by atoms with Gasteiger partial charge in [0.25, 0.3) is 0 Å². The molecule has 0 aliphatic rings. The monoisotopic (exact) mass is 796 g/mol. The molecule has 0 saturated carbocycles. The lowest BCUT2D eigenvalue weighted by molar-refractivity contribution is 0.304. The number of hydrogen-bond donors (Lipinski definition) is 0. The Balaban J connectivity index is 1.45. The van der Waals surface area contributed by atoms with Crippen molar-refractivity contribution in [2.45, 2.75) is 136 Å². The van der Waals surface area contributed by atoms with E-state index in [4.69, 9.17) is 25.8 Å². The van der Waals surface area contributed by atoms with Crippen molar-refractivity contribution < 1.29 is 14.2 Å². The van der Waals surface area contributed by atoms with E-state index in [9.17, 15) is 0 Å². The summed E-state index contributed by atoms with van der Waals surface area (Å²) in [6.45, 7) is 8.95. The largest absolute Gasteiger partial charge is 0.494 e. The predicted octanol–water partition coefficient (Wildman–Crippen LogP) is 14.8. The van der Waals surface area contributed by atoms with Crippen LogP contribution in [0.4, 0.5) is 0 Å². The first kappa shape index (κ1) is 45.9. The molecule has 0 heterocycles. The summed E-state index contributed by atoms with van der Waals surface area (Å²) < 4.78 is 17.9. The molecule has 0 saturated heterocycles. The topological polar surface area (TPSA) is 27.7 Å². The minimum Gasteiger partial charge on any atom is -0.494 e. The van der Waals surface area contributed by atoms with E-state index in [1.165, 1.54) is 96.3 Å². The third-order valence-electron chi connectivity index (χ3n) is 9.99. The minimum atomic E-state index is 0.534. The summed E-state index contributed by atoms with van der Waals surface area (Å²) in [5, 5.41) is 0.534. The molecule has 0 aromatic heterocycles. The minimum absolute atomic E-state index is 0.534. The van der Waals surface area contributed by atoms with Gasteiger partial charge in [-0.2, -0.15) is 0 Å². The second kappa shape index (κ2) is 28.6. The highest BCUT2D eigenvalue weighted by molar-refractivity contribution is 6.32. The molecule has 0 radical (unpaired) electrons. The Morgan fingerprint density at radius 3 is 0.983 bits per heavy atom. The lowest BCUT2D eigenvalue weighted by Gasteiger charge is -2.06. The summed E-state index contributed by atoms with van der Waals surface area (Å²) in [5.41, 5.74) is 4.88. The summed E-state index contributed by atoms with van der Waals surface area (Å²) in [6, 6.07) is 27.7. The fourth-order valence-electron chi connectivity index (χ4n) is 6.42. The maximum atomic E-state index is 6.85. The Morgan fingerprint density at radius 1 is 0.345 bits per heavy atom. The fourth-order valence-corrected chi connectivity index (χ4v) is 6.63. The van der Waals surface area contributed by atoms with Crippen molar-refractivity contribution in [3.63, 3.8) is 0 Å². The number of unbranched alkanes of at least 4 members (excludes halogenated alkanes) is 15. The lowest BCUT2D eigenvalue weighted by atomic mass is 10.0. The van der Waals surface area contributed by atoms with Crippen LogP contribution in [0, 0.1) is 35.5 Å². The predicted molar refractivity (Wildman–Crippen MR) is 245 cm³/mol. The van der Waals surface area contributed by atoms with Gasteiger partial charge in [-0.3, -0.25) is 0 Å². The van der Waals surface area contributed by atoms with Crippen molar-refractivity contribution in [1.29, 1.82) is 0 Å². The van der Waals surface area contributed by atoms with Gasteiger partial charge in [-0.15, -0.1) is 0 Å². The highest BCUT2D eigenvalue weighted by atomic mass is 35.5. The quantitative estimate of drug-likeness (QED) is 0.0522. The lowest BCUT2D eigenvalue weighted by Crippen LogP contribution is -1.97. The molecule has 58 heavy (non-hydrogen) atoms. The molecule has 0 unspecified atom stereocenters. The zero-order chi connectivity index (χ0) is 40.9. The summed E-state index contributed by atoms with van der Waals surface area (Å²) in [6.07, 6.45) is 22.4. The Hall–Kier alpha value is -4.75. The van der Waals surface area contributed by atoms with E-state index in [2.05, 4.69) is 56.3 Å². The molecule has 4 aromatic carbocycles. The normalized spacial score (nSPS) is 10.4. The highest BCUT2D eigenvalue weighted by Gasteiger charge is 2.06. The first-order valence-corrected chi connectivity index (χ1v) is 22.5. The molecule has 0 amide bonds. The summed E-state index contributed by atoms with van der Waals surface area (Å²) in [4.78, 5) is 0. The van der Waals surface area contributed by atoms with Gasteiger partial charge < -0.3 is 14.2 Å². The van der Waals surface area contributed by atoms with Crippen molar-refractivity contribution in [1.82, 2.24) is 0 Å². The van der Waals surface area contributed by atoms with Crippen LogP contribution in [0.5, 0.6) is 17.2 Å². The Bertz CT molecular complexity index is 1930. The average molecular weight is 798 g/mol. The van der Waals surface area contributed by atoms with E-state index in [0.717, 1.165) is 84.1 Å². The van der Waals surface area contributed by atoms with Gasteiger partial charge in [-0.25, -0.2) is 0 Å². The Kier molecular flexibility index (Phi) is 22.7. The molecule has 0 N–H and O–H groups in total. The summed E-state index contributed by atoms with van der Waals surface area (Å²) >= 11 is 6.85. The second-order valence-electron chi connectivity index (χ2n) is 15.0. The molecule has 4 rings (SSSR count). The van der Waals surface area contributed by atoms with Gasteiger partial charge in [-0.1, -0.05) is 164 Å². The van der Waals surface area contributed by atoms with Gasteiger partial charge in [0.15, 0.2) is 0 Å². The molecule has 306 valence electrons. The summed E-state index contributed by atoms with van der Waals surface area (Å²) in [5.74, 6) is 22.5. The van der Waals surface area contributed by atoms with E-state index >= 15 is 0 Å². The third kappa shape index (κ3) is 18.7. The molecule has 0 bridgehead atoms. The first-order chi connectivity index (χ1) is 28.6. The molecule has 0 spiro atoms. The van der Waals surface area contributed by atoms with Gasteiger partial charge in [0.05, 0.1) is 24.8 Å². The molecule has 0 aliphatic heterocycles. The number of halogens is 1. The molecule has 4 heteroatoms. The van der Waals surface area contributed by atoms with Crippen LogP contribution < -0.4 is 14.2 Å². The Labute approximate surface area is 356 Å². The number of ether oxygens (including phenoxy) is 3. The number of benzene rings is 4. The average Bonchev–Trinajstić information content (AvgIpc) is 3.25. The van der Waals surface area contributed by atoms with Crippen molar-refractivity contribution in [3.8, 4) is 52.8 Å². The van der Waals surface area contributed by atoms with Gasteiger partial charge in [0, 0.05) is 33.4 Å². The van der Waals surface area contributed by atoms with Crippen LogP contribution in [-0.4, -0.2) is 19.8 Å². The number of hydrogen-bond acceptors (Lipinski definition) is 3. The van der Waals surface area contributed by atoms with Crippen molar-refractivity contribution in [3.05, 3.63) is 123 Å². The highest BCUT2D eigenvalue weighted by Crippen LogP contribution is 2.22. The van der Waals surface area contributed by atoms with Gasteiger partial charge in [-0.05, 0) is 104 Å². The van der Waals surface area contributed by atoms with E-state index in [1.807, 2.05) is 84.9 Å². The molecule has 4 aromatic rings. The molecule has 0 aliphatic carbocycles. The smallest absolute Gasteiger partial charge is 0.119 e. The molecule has 0 fully saturated rings. The first-order valence-electron chi connectivity index (χ1n) is 22.2. The van der Waals surface area contributed by atoms with E-state index in [1.54, 1.807) is 0 Å². The van der Waals surface area contributed by atoms with Gasteiger partial charge in [0.1, 0.15) is 17.2 Å². The van der Waals surface area contributed by atoms with Crippen molar-refractivity contribution in [2.75, 3.05) is 19.8 Å². The van der Waals surface area contributed by atoms with Crippen LogP contribution in [0.15, 0.2) is 84.9 Å². The maximum absolute atomic E-state index is 6.85. The van der Waals surface area contributed by atoms with E-state index in [-0.39, 0.29) is 0 Å². The molecule has 3 nitrogen and oxygen atoms in total. The van der Waals surface area contributed by atoms with Gasteiger partial charge in [0.2, 0.25) is 0 Å². The maximum Gasteiger partial charge on any atom is 0.119 e. The number of rotatable bonds is 24. The van der Waals surface area contributed by atoms with Gasteiger partial charge >= 0.3 is 0 Å². The van der Waals surface area contributed by atoms with Crippen molar-refractivity contribution in [2.24, 2.45) is 0 Å². The zero-order valence-corrected chi connectivity index (χ0v) is 36.3. The third-order valence-corrected chi connectivity index (χ3v) is 10.3. The van der Waals surface area contributed by atoms with Crippen LogP contribution in [0.3, 0.4) is 0 Å². The fraction of sp³-hybridized carbons (Fsp3) is 0.444. The second-order valence-corrected chi connectivity index (χ2v) is 15.5. The summed E-state index contributed by atoms with van der Waals surface area (Å²) in [7, 11) is 0.